The van der Waals surface area contributed by atoms with Crippen LogP contribution in [0, 0.1) is 28.1 Å². The van der Waals surface area contributed by atoms with Crippen LogP contribution < -0.4 is 0 Å². The fourth-order valence-electron chi connectivity index (χ4n) is 13.5. The highest BCUT2D eigenvalue weighted by molar-refractivity contribution is 5.77. The van der Waals surface area contributed by atoms with E-state index in [4.69, 9.17) is 37.9 Å². The summed E-state index contributed by atoms with van der Waals surface area (Å²) < 4.78 is 47.6. The molecule has 2 bridgehead atoms. The Bertz CT molecular complexity index is 1760. The molecule has 4 saturated heterocycles. The summed E-state index contributed by atoms with van der Waals surface area (Å²) in [7, 11) is 0. The molecule has 26 atom stereocenters. The highest BCUT2D eigenvalue weighted by Crippen LogP contribution is 2.73. The number of aliphatic hydroxyl groups excluding tert-OH is 14. The van der Waals surface area contributed by atoms with Crippen molar-refractivity contribution in [3.8, 4) is 0 Å². The van der Waals surface area contributed by atoms with E-state index in [-0.39, 0.29) is 17.3 Å². The van der Waals surface area contributed by atoms with Gasteiger partial charge in [-0.3, -0.25) is 4.79 Å². The molecule has 0 amide bonds. The Labute approximate surface area is 386 Å². The summed E-state index contributed by atoms with van der Waals surface area (Å²) in [4.78, 5) is 14.7. The predicted octanol–water partition coefficient (Wildman–Crippen LogP) is -5.11. The third kappa shape index (κ3) is 8.63. The zero-order valence-electron chi connectivity index (χ0n) is 37.5. The second kappa shape index (κ2) is 19.4. The number of carbonyl (C=O) groups is 1. The van der Waals surface area contributed by atoms with Gasteiger partial charge >= 0.3 is 5.97 Å². The molecular weight excluding hydrogens is 896 g/mol. The first-order chi connectivity index (χ1) is 31.6. The standard InChI is InChI=1S/C44H70O23/c1-17-11-43-9-5-22-41(2,7-4-8-42(22,3)40(59)66-38-34(30(55)26(51)20(14-47)62-38)64-36-32(57)28(53)24(49)18(12-45)60-36)23(43)6-10-44(17,16-43)67-39-35(31(56)27(52)21(15-48)63-39)65-37-33(58)29(54)25(50)19(13-46)61-37/h18-39,45-58H,1,4-16H2,2-3H3/t18-,19-,20+,21+,22-,23-,24-,25+,26-,27+,28+,29-,30+,31-,32-,33+,34+,35+,36+,37+,38-,39-,41+,42+,43+,44-/m1/s1. The van der Waals surface area contributed by atoms with E-state index in [2.05, 4.69) is 13.5 Å². The number of fused-ring (bicyclic) bond motifs is 3. The molecule has 14 N–H and O–H groups in total. The van der Waals surface area contributed by atoms with Gasteiger partial charge in [-0.15, -0.1) is 0 Å². The summed E-state index contributed by atoms with van der Waals surface area (Å²) in [6, 6.07) is 0. The molecule has 23 heteroatoms. The third-order valence-corrected chi connectivity index (χ3v) is 17.1. The Morgan fingerprint density at radius 2 is 1.01 bits per heavy atom. The van der Waals surface area contributed by atoms with E-state index < -0.39 is 172 Å². The van der Waals surface area contributed by atoms with E-state index in [0.29, 0.717) is 51.4 Å². The van der Waals surface area contributed by atoms with Crippen LogP contribution in [-0.4, -0.2) is 232 Å². The van der Waals surface area contributed by atoms with Crippen molar-refractivity contribution in [1.29, 1.82) is 0 Å². The first-order valence-electron chi connectivity index (χ1n) is 23.4. The Morgan fingerprint density at radius 3 is 1.52 bits per heavy atom. The first kappa shape index (κ1) is 51.7. The van der Waals surface area contributed by atoms with Crippen molar-refractivity contribution in [2.24, 2.45) is 28.1 Å². The monoisotopic (exact) mass is 966 g/mol. The van der Waals surface area contributed by atoms with Gasteiger partial charge < -0.3 is 109 Å². The van der Waals surface area contributed by atoms with Gasteiger partial charge in [-0.05, 0) is 86.5 Å². The second-order valence-electron chi connectivity index (χ2n) is 20.8. The van der Waals surface area contributed by atoms with Gasteiger partial charge in [0.05, 0.1) is 37.4 Å². The number of hydrogen-bond acceptors (Lipinski definition) is 23. The molecule has 67 heavy (non-hydrogen) atoms. The summed E-state index contributed by atoms with van der Waals surface area (Å²) in [6.07, 6.45) is -28.3. The van der Waals surface area contributed by atoms with Crippen LogP contribution in [0.25, 0.3) is 0 Å². The highest BCUT2D eigenvalue weighted by Gasteiger charge is 2.69. The zero-order chi connectivity index (χ0) is 48.7. The van der Waals surface area contributed by atoms with Crippen LogP contribution >= 0.6 is 0 Å². The van der Waals surface area contributed by atoms with Crippen molar-refractivity contribution in [3.63, 3.8) is 0 Å². The number of rotatable bonds is 12. The van der Waals surface area contributed by atoms with Crippen molar-refractivity contribution in [2.75, 3.05) is 26.4 Å². The average Bonchev–Trinajstić information content (AvgIpc) is 3.50. The van der Waals surface area contributed by atoms with Crippen molar-refractivity contribution < 1.29 is 114 Å². The van der Waals surface area contributed by atoms with Gasteiger partial charge in [-0.1, -0.05) is 19.9 Å². The van der Waals surface area contributed by atoms with Crippen LogP contribution in [0.3, 0.4) is 0 Å². The molecule has 384 valence electrons. The van der Waals surface area contributed by atoms with Gasteiger partial charge in [0.2, 0.25) is 6.29 Å². The van der Waals surface area contributed by atoms with E-state index in [9.17, 15) is 76.3 Å². The minimum absolute atomic E-state index is 0.0251. The van der Waals surface area contributed by atoms with Crippen LogP contribution in [0.5, 0.6) is 0 Å². The predicted molar refractivity (Wildman–Crippen MR) is 219 cm³/mol. The summed E-state index contributed by atoms with van der Waals surface area (Å²) >= 11 is 0. The lowest BCUT2D eigenvalue weighted by Crippen LogP contribution is -2.66. The van der Waals surface area contributed by atoms with E-state index in [1.54, 1.807) is 0 Å². The lowest BCUT2D eigenvalue weighted by atomic mass is 9.41. The Kier molecular flexibility index (Phi) is 15.0. The minimum atomic E-state index is -1.90. The number of carbonyl (C=O) groups excluding carboxylic acids is 1. The fourth-order valence-corrected chi connectivity index (χ4v) is 13.5. The molecule has 8 fully saturated rings. The summed E-state index contributed by atoms with van der Waals surface area (Å²) in [5.41, 5.74) is -2.29. The Hall–Kier alpha value is -1.63. The van der Waals surface area contributed by atoms with Crippen LogP contribution in [-0.2, 0) is 42.7 Å². The van der Waals surface area contributed by atoms with E-state index in [1.165, 1.54) is 0 Å². The third-order valence-electron chi connectivity index (χ3n) is 17.1. The van der Waals surface area contributed by atoms with E-state index in [0.717, 1.165) is 12.0 Å². The smallest absolute Gasteiger partial charge is 0.314 e. The van der Waals surface area contributed by atoms with Crippen molar-refractivity contribution in [3.05, 3.63) is 12.2 Å². The second-order valence-corrected chi connectivity index (χ2v) is 20.8. The molecule has 8 rings (SSSR count). The Morgan fingerprint density at radius 1 is 0.567 bits per heavy atom. The number of esters is 1. The van der Waals surface area contributed by atoms with Gasteiger partial charge in [-0.2, -0.15) is 0 Å². The molecule has 23 nitrogen and oxygen atoms in total. The molecule has 0 unspecified atom stereocenters. The molecular formula is C44H70O23. The minimum Gasteiger partial charge on any atom is -0.432 e. The topological polar surface area (TPSA) is 374 Å². The molecule has 0 aromatic carbocycles. The maximum Gasteiger partial charge on any atom is 0.314 e. The first-order valence-corrected chi connectivity index (χ1v) is 23.4. The van der Waals surface area contributed by atoms with Crippen molar-refractivity contribution in [1.82, 2.24) is 0 Å². The van der Waals surface area contributed by atoms with E-state index in [1.807, 2.05) is 6.92 Å². The van der Waals surface area contributed by atoms with Crippen molar-refractivity contribution >= 4 is 5.97 Å². The largest absolute Gasteiger partial charge is 0.432 e. The quantitative estimate of drug-likeness (QED) is 0.0494. The van der Waals surface area contributed by atoms with Gasteiger partial charge in [0.1, 0.15) is 91.6 Å². The lowest BCUT2D eigenvalue weighted by molar-refractivity contribution is -0.378. The highest BCUT2D eigenvalue weighted by atomic mass is 16.8. The van der Waals surface area contributed by atoms with Crippen LogP contribution in [0.1, 0.15) is 71.6 Å². The van der Waals surface area contributed by atoms with Crippen LogP contribution in [0.15, 0.2) is 12.2 Å². The van der Waals surface area contributed by atoms with Crippen LogP contribution in [0.2, 0.25) is 0 Å². The summed E-state index contributed by atoms with van der Waals surface area (Å²) in [5.74, 6) is -0.927. The maximum absolute atomic E-state index is 14.7. The maximum atomic E-state index is 14.7. The normalized spacial score (nSPS) is 54.5. The molecule has 4 aliphatic carbocycles. The average molecular weight is 967 g/mol. The molecule has 0 aromatic rings. The van der Waals surface area contributed by atoms with Crippen molar-refractivity contribution in [2.45, 2.75) is 200 Å². The molecule has 4 saturated carbocycles. The van der Waals surface area contributed by atoms with Gasteiger partial charge in [0.25, 0.3) is 0 Å². The molecule has 4 heterocycles. The SMILES string of the molecule is C=C1C[C@]23CC[C@@H]4[C@](C)(CCC[C@]4(C)C(=O)O[C@H]4O[C@@H](CO)[C@@H](O)[C@H](O)[C@@H]4O[C@@H]4O[C@H](CO)[C@@H](O)[C@H](O)[C@H]4O)[C@H]2CC[C@@]1(O[C@H]1O[C@@H](CO)[C@H](O)[C@@H](O)[C@@H]1O[C@@H]1O[C@H](CO)[C@H](O)[C@@H](O)[C@@H]1O)C3. The number of aliphatic hydroxyl groups is 14. The molecule has 0 radical (unpaired) electrons. The Balaban J connectivity index is 1.01. The number of hydrogen-bond donors (Lipinski definition) is 14. The zero-order valence-corrected chi connectivity index (χ0v) is 37.5. The van der Waals surface area contributed by atoms with Gasteiger partial charge in [0, 0.05) is 0 Å². The summed E-state index contributed by atoms with van der Waals surface area (Å²) in [6.45, 7) is 5.47. The molecule has 0 aromatic heterocycles. The summed E-state index contributed by atoms with van der Waals surface area (Å²) in [5, 5.41) is 147. The van der Waals surface area contributed by atoms with Gasteiger partial charge in [-0.25, -0.2) is 0 Å². The van der Waals surface area contributed by atoms with Crippen LogP contribution in [0.4, 0.5) is 0 Å². The molecule has 4 aliphatic heterocycles. The number of ether oxygens (including phenoxy) is 8. The lowest BCUT2D eigenvalue weighted by Gasteiger charge is -2.64. The molecule has 8 aliphatic rings. The fraction of sp³-hybridized carbons (Fsp3) is 0.932. The van der Waals surface area contributed by atoms with Gasteiger partial charge in [0.15, 0.2) is 25.0 Å². The molecule has 1 spiro atoms. The van der Waals surface area contributed by atoms with E-state index >= 15 is 0 Å².